The van der Waals surface area contributed by atoms with Crippen molar-refractivity contribution in [3.8, 4) is 22.6 Å². The van der Waals surface area contributed by atoms with Crippen molar-refractivity contribution in [2.24, 2.45) is 0 Å². The molecule has 0 aliphatic heterocycles. The Hall–Kier alpha value is -2.62. The zero-order valence-corrected chi connectivity index (χ0v) is 22.1. The van der Waals surface area contributed by atoms with Crippen LogP contribution in [0.2, 0.25) is 0 Å². The number of hydrogen-bond donors (Lipinski definition) is 1. The van der Waals surface area contributed by atoms with E-state index in [0.717, 1.165) is 15.6 Å². The first-order valence-electron chi connectivity index (χ1n) is 9.83. The number of benzene rings is 2. The van der Waals surface area contributed by atoms with Gasteiger partial charge in [-0.15, -0.1) is 11.3 Å². The molecule has 1 amide bonds. The van der Waals surface area contributed by atoms with Crippen LogP contribution in [0.4, 0.5) is 5.00 Å². The number of thiophene rings is 1. The van der Waals surface area contributed by atoms with Crippen LogP contribution in [-0.4, -0.2) is 32.7 Å². The number of halogens is 2. The zero-order valence-electron chi connectivity index (χ0n) is 18.1. The summed E-state index contributed by atoms with van der Waals surface area (Å²) in [4.78, 5) is 25.3. The third kappa shape index (κ3) is 6.04. The van der Waals surface area contributed by atoms with E-state index >= 15 is 0 Å². The van der Waals surface area contributed by atoms with Gasteiger partial charge in [-0.05, 0) is 64.3 Å². The third-order valence-electron chi connectivity index (χ3n) is 4.55. The molecule has 0 saturated heterocycles. The number of anilines is 1. The van der Waals surface area contributed by atoms with Crippen LogP contribution in [0.3, 0.4) is 0 Å². The number of methoxy groups -OCH3 is 2. The molecule has 1 aromatic heterocycles. The summed E-state index contributed by atoms with van der Waals surface area (Å²) in [7, 11) is 3.09. The molecule has 0 unspecified atom stereocenters. The summed E-state index contributed by atoms with van der Waals surface area (Å²) >= 11 is 8.12. The van der Waals surface area contributed by atoms with Gasteiger partial charge in [0.2, 0.25) is 5.91 Å². The Balaban J connectivity index is 1.87. The first-order chi connectivity index (χ1) is 15.9. The third-order valence-corrected chi connectivity index (χ3v) is 6.56. The summed E-state index contributed by atoms with van der Waals surface area (Å²) in [5.74, 6) is 0.238. The van der Waals surface area contributed by atoms with E-state index in [2.05, 4.69) is 37.2 Å². The fourth-order valence-electron chi connectivity index (χ4n) is 3.06. The highest BCUT2D eigenvalue weighted by Crippen LogP contribution is 2.38. The Morgan fingerprint density at radius 1 is 1.09 bits per heavy atom. The van der Waals surface area contributed by atoms with Crippen LogP contribution in [0.25, 0.3) is 17.2 Å². The van der Waals surface area contributed by atoms with Crippen molar-refractivity contribution >= 4 is 66.2 Å². The minimum atomic E-state index is -0.486. The Bertz CT molecular complexity index is 1190. The topological polar surface area (TPSA) is 73.9 Å². The highest BCUT2D eigenvalue weighted by Gasteiger charge is 2.22. The van der Waals surface area contributed by atoms with Crippen molar-refractivity contribution in [1.29, 1.82) is 0 Å². The monoisotopic (exact) mass is 593 g/mol. The lowest BCUT2D eigenvalue weighted by Crippen LogP contribution is -2.12. The molecule has 0 bridgehead atoms. The quantitative estimate of drug-likeness (QED) is 0.230. The normalized spacial score (nSPS) is 10.8. The molecule has 0 aliphatic rings. The molecule has 0 radical (unpaired) electrons. The van der Waals surface area contributed by atoms with Gasteiger partial charge in [-0.3, -0.25) is 4.79 Å². The second-order valence-electron chi connectivity index (χ2n) is 6.64. The Morgan fingerprint density at radius 2 is 1.82 bits per heavy atom. The summed E-state index contributed by atoms with van der Waals surface area (Å²) in [6.07, 6.45) is 3.04. The van der Waals surface area contributed by atoms with Gasteiger partial charge in [-0.2, -0.15) is 0 Å². The molecule has 33 heavy (non-hydrogen) atoms. The number of rotatable bonds is 8. The Kier molecular flexibility index (Phi) is 8.71. The maximum Gasteiger partial charge on any atom is 0.341 e. The fourth-order valence-corrected chi connectivity index (χ4v) is 4.90. The number of carbonyl (C=O) groups excluding carboxylic acids is 2. The second-order valence-corrected chi connectivity index (χ2v) is 9.29. The maximum atomic E-state index is 12.7. The van der Waals surface area contributed by atoms with E-state index in [-0.39, 0.29) is 12.5 Å². The van der Waals surface area contributed by atoms with Crippen molar-refractivity contribution in [1.82, 2.24) is 0 Å². The largest absolute Gasteiger partial charge is 0.493 e. The lowest BCUT2D eigenvalue weighted by molar-refractivity contribution is -0.111. The van der Waals surface area contributed by atoms with Gasteiger partial charge in [0.1, 0.15) is 10.6 Å². The van der Waals surface area contributed by atoms with Crippen molar-refractivity contribution < 1.29 is 23.8 Å². The van der Waals surface area contributed by atoms with Crippen LogP contribution in [-0.2, 0) is 9.53 Å². The number of hydrogen-bond acceptors (Lipinski definition) is 6. The van der Waals surface area contributed by atoms with Gasteiger partial charge in [0.25, 0.3) is 0 Å². The molecule has 0 fully saturated rings. The minimum Gasteiger partial charge on any atom is -0.493 e. The molecule has 3 aromatic rings. The SMILES string of the molecule is CCOC(=O)c1c(-c2ccc(Br)cc2)csc1NC(=O)C=Cc1cc(Br)c(OC)c(OC)c1. The summed E-state index contributed by atoms with van der Waals surface area (Å²) in [5.41, 5.74) is 2.62. The highest BCUT2D eigenvalue weighted by atomic mass is 79.9. The van der Waals surface area contributed by atoms with Crippen LogP contribution in [0.5, 0.6) is 11.5 Å². The van der Waals surface area contributed by atoms with Crippen LogP contribution in [0, 0.1) is 0 Å². The number of amides is 1. The number of carbonyl (C=O) groups is 2. The predicted molar refractivity (Wildman–Crippen MR) is 138 cm³/mol. The number of esters is 1. The molecule has 9 heteroatoms. The maximum absolute atomic E-state index is 12.7. The lowest BCUT2D eigenvalue weighted by Gasteiger charge is -2.10. The summed E-state index contributed by atoms with van der Waals surface area (Å²) in [6, 6.07) is 11.2. The van der Waals surface area contributed by atoms with Crippen LogP contribution >= 0.6 is 43.2 Å². The molecule has 0 atom stereocenters. The van der Waals surface area contributed by atoms with Gasteiger partial charge >= 0.3 is 5.97 Å². The Morgan fingerprint density at radius 3 is 2.45 bits per heavy atom. The summed E-state index contributed by atoms with van der Waals surface area (Å²) < 4.78 is 17.5. The first-order valence-corrected chi connectivity index (χ1v) is 12.3. The average Bonchev–Trinajstić information content (AvgIpc) is 3.21. The van der Waals surface area contributed by atoms with Crippen molar-refractivity contribution in [2.75, 3.05) is 26.1 Å². The molecule has 0 aliphatic carbocycles. The predicted octanol–water partition coefficient (Wildman–Crippen LogP) is 6.79. The van der Waals surface area contributed by atoms with Crippen LogP contribution in [0.15, 0.2) is 56.8 Å². The lowest BCUT2D eigenvalue weighted by atomic mass is 10.0. The zero-order chi connectivity index (χ0) is 24.0. The van der Waals surface area contributed by atoms with Crippen molar-refractivity contribution in [2.45, 2.75) is 6.92 Å². The highest BCUT2D eigenvalue weighted by molar-refractivity contribution is 9.10. The molecule has 0 spiro atoms. The van der Waals surface area contributed by atoms with Gasteiger partial charge < -0.3 is 19.5 Å². The average molecular weight is 595 g/mol. The van der Waals surface area contributed by atoms with Gasteiger partial charge in [-0.25, -0.2) is 4.79 Å². The van der Waals surface area contributed by atoms with E-state index in [9.17, 15) is 9.59 Å². The molecule has 1 heterocycles. The van der Waals surface area contributed by atoms with E-state index in [4.69, 9.17) is 14.2 Å². The van der Waals surface area contributed by atoms with Crippen molar-refractivity contribution in [3.05, 3.63) is 67.9 Å². The first kappa shape index (κ1) is 25.0. The van der Waals surface area contributed by atoms with E-state index in [0.29, 0.717) is 32.1 Å². The summed E-state index contributed by atoms with van der Waals surface area (Å²) in [5, 5.41) is 5.06. The molecule has 0 saturated carbocycles. The fraction of sp³-hybridized carbons (Fsp3) is 0.167. The van der Waals surface area contributed by atoms with Gasteiger partial charge in [0.15, 0.2) is 11.5 Å². The van der Waals surface area contributed by atoms with E-state index in [1.54, 1.807) is 33.3 Å². The smallest absolute Gasteiger partial charge is 0.341 e. The van der Waals surface area contributed by atoms with E-state index in [1.165, 1.54) is 17.4 Å². The van der Waals surface area contributed by atoms with E-state index < -0.39 is 5.97 Å². The van der Waals surface area contributed by atoms with Crippen molar-refractivity contribution in [3.63, 3.8) is 0 Å². The molecule has 2 aromatic carbocycles. The number of ether oxygens (including phenoxy) is 3. The van der Waals surface area contributed by atoms with Gasteiger partial charge in [-0.1, -0.05) is 28.1 Å². The van der Waals surface area contributed by atoms with Crippen LogP contribution in [0.1, 0.15) is 22.8 Å². The van der Waals surface area contributed by atoms with Gasteiger partial charge in [0, 0.05) is 21.5 Å². The second kappa shape index (κ2) is 11.5. The van der Waals surface area contributed by atoms with E-state index in [1.807, 2.05) is 35.7 Å². The molecule has 3 rings (SSSR count). The molecular weight excluding hydrogens is 574 g/mol. The molecule has 1 N–H and O–H groups in total. The molecule has 172 valence electrons. The minimum absolute atomic E-state index is 0.232. The summed E-state index contributed by atoms with van der Waals surface area (Å²) in [6.45, 7) is 1.97. The number of nitrogens with one attached hydrogen (secondary N) is 1. The standard InChI is InChI=1S/C24H21Br2NO5S/c1-4-32-24(29)21-17(15-6-8-16(25)9-7-15)13-33-23(21)27-20(28)10-5-14-11-18(26)22(31-3)19(12-14)30-2/h5-13H,4H2,1-3H3,(H,27,28). The van der Waals surface area contributed by atoms with Gasteiger partial charge in [0.05, 0.1) is 25.3 Å². The molecular formula is C24H21Br2NO5S. The molecule has 6 nitrogen and oxygen atoms in total. The van der Waals surface area contributed by atoms with Crippen LogP contribution < -0.4 is 14.8 Å². The Labute approximate surface area is 212 Å².